The second-order valence-corrected chi connectivity index (χ2v) is 5.42. The molecular formula is C15H15N3O2. The number of nitrogens with zero attached hydrogens (tertiary/aromatic N) is 1. The van der Waals surface area contributed by atoms with E-state index in [4.69, 9.17) is 5.26 Å². The molecule has 0 aromatic heterocycles. The number of fused-ring (bicyclic) bond motifs is 1. The molecule has 1 aliphatic carbocycles. The summed E-state index contributed by atoms with van der Waals surface area (Å²) in [6.07, 6.45) is 3.34. The fraction of sp³-hybridized carbons (Fsp3) is 0.400. The molecule has 3 rings (SSSR count). The van der Waals surface area contributed by atoms with Crippen molar-refractivity contribution in [3.05, 3.63) is 23.8 Å². The predicted molar refractivity (Wildman–Crippen MR) is 73.9 cm³/mol. The van der Waals surface area contributed by atoms with Gasteiger partial charge in [-0.3, -0.25) is 9.59 Å². The van der Waals surface area contributed by atoms with E-state index in [0.717, 1.165) is 17.7 Å². The second kappa shape index (κ2) is 4.64. The molecule has 20 heavy (non-hydrogen) atoms. The number of hydrogen-bond acceptors (Lipinski definition) is 3. The van der Waals surface area contributed by atoms with E-state index in [1.165, 1.54) is 0 Å². The molecule has 0 saturated heterocycles. The Labute approximate surface area is 117 Å². The normalized spacial score (nSPS) is 19.1. The second-order valence-electron chi connectivity index (χ2n) is 5.42. The van der Waals surface area contributed by atoms with Crippen molar-refractivity contribution in [1.29, 1.82) is 5.26 Å². The highest BCUT2D eigenvalue weighted by atomic mass is 16.2. The average Bonchev–Trinajstić information content (AvgIpc) is 2.38. The minimum Gasteiger partial charge on any atom is -0.326 e. The zero-order valence-electron chi connectivity index (χ0n) is 11.0. The monoisotopic (exact) mass is 269 g/mol. The number of carbonyl (C=O) groups excluding carboxylic acids is 2. The lowest BCUT2D eigenvalue weighted by molar-refractivity contribution is -0.126. The van der Waals surface area contributed by atoms with Gasteiger partial charge in [0.2, 0.25) is 11.8 Å². The van der Waals surface area contributed by atoms with E-state index < -0.39 is 5.41 Å². The van der Waals surface area contributed by atoms with Crippen LogP contribution in [0.2, 0.25) is 0 Å². The van der Waals surface area contributed by atoms with E-state index in [1.807, 2.05) is 6.07 Å². The first kappa shape index (κ1) is 12.7. The van der Waals surface area contributed by atoms with Crippen molar-refractivity contribution in [2.75, 3.05) is 10.6 Å². The zero-order valence-corrected chi connectivity index (χ0v) is 11.0. The summed E-state index contributed by atoms with van der Waals surface area (Å²) in [5.41, 5.74) is 1.66. The smallest absolute Gasteiger partial charge is 0.244 e. The van der Waals surface area contributed by atoms with Gasteiger partial charge in [-0.15, -0.1) is 0 Å². The molecule has 5 nitrogen and oxygen atoms in total. The van der Waals surface area contributed by atoms with Crippen LogP contribution in [0.3, 0.4) is 0 Å². The molecule has 0 spiro atoms. The molecule has 0 unspecified atom stereocenters. The van der Waals surface area contributed by atoms with Gasteiger partial charge in [0.15, 0.2) is 0 Å². The number of benzene rings is 1. The zero-order chi connectivity index (χ0) is 14.2. The number of carbonyl (C=O) groups is 2. The number of aryl methyl sites for hydroxylation is 1. The fourth-order valence-electron chi connectivity index (χ4n) is 2.63. The lowest BCUT2D eigenvalue weighted by Crippen LogP contribution is -2.40. The third-order valence-corrected chi connectivity index (χ3v) is 4.11. The lowest BCUT2D eigenvalue weighted by Gasteiger charge is -2.33. The summed E-state index contributed by atoms with van der Waals surface area (Å²) >= 11 is 0. The summed E-state index contributed by atoms with van der Waals surface area (Å²) in [5.74, 6) is -0.196. The van der Waals surface area contributed by atoms with Gasteiger partial charge in [-0.25, -0.2) is 0 Å². The maximum absolute atomic E-state index is 12.2. The van der Waals surface area contributed by atoms with Gasteiger partial charge in [0.25, 0.3) is 0 Å². The van der Waals surface area contributed by atoms with E-state index in [1.54, 1.807) is 12.1 Å². The first-order valence-corrected chi connectivity index (χ1v) is 6.78. The molecule has 0 bridgehead atoms. The van der Waals surface area contributed by atoms with E-state index in [0.29, 0.717) is 31.4 Å². The average molecular weight is 269 g/mol. The maximum Gasteiger partial charge on any atom is 0.244 e. The summed E-state index contributed by atoms with van der Waals surface area (Å²) in [4.78, 5) is 23.5. The highest BCUT2D eigenvalue weighted by molar-refractivity contribution is 5.99. The summed E-state index contributed by atoms with van der Waals surface area (Å²) in [6.45, 7) is 0. The van der Waals surface area contributed by atoms with Gasteiger partial charge < -0.3 is 10.6 Å². The fourth-order valence-corrected chi connectivity index (χ4v) is 2.63. The molecule has 102 valence electrons. The van der Waals surface area contributed by atoms with Crippen LogP contribution >= 0.6 is 0 Å². The number of nitriles is 1. The van der Waals surface area contributed by atoms with Crippen LogP contribution in [0.15, 0.2) is 18.2 Å². The summed E-state index contributed by atoms with van der Waals surface area (Å²) in [5, 5.41) is 14.8. The molecule has 1 saturated carbocycles. The van der Waals surface area contributed by atoms with Gasteiger partial charge >= 0.3 is 0 Å². The van der Waals surface area contributed by atoms with Crippen molar-refractivity contribution in [3.8, 4) is 6.07 Å². The number of nitrogens with one attached hydrogen (secondary N) is 2. The Morgan fingerprint density at radius 2 is 2.15 bits per heavy atom. The van der Waals surface area contributed by atoms with Gasteiger partial charge in [-0.05, 0) is 49.4 Å². The highest BCUT2D eigenvalue weighted by Gasteiger charge is 2.44. The van der Waals surface area contributed by atoms with E-state index in [-0.39, 0.29) is 11.8 Å². The molecule has 5 heteroatoms. The van der Waals surface area contributed by atoms with Crippen LogP contribution in [0.4, 0.5) is 11.4 Å². The molecule has 0 atom stereocenters. The lowest BCUT2D eigenvalue weighted by atomic mass is 9.69. The largest absolute Gasteiger partial charge is 0.326 e. The van der Waals surface area contributed by atoms with Crippen LogP contribution in [0.5, 0.6) is 0 Å². The molecule has 1 fully saturated rings. The molecule has 2 N–H and O–H groups in total. The van der Waals surface area contributed by atoms with Gasteiger partial charge in [0.1, 0.15) is 5.41 Å². The summed E-state index contributed by atoms with van der Waals surface area (Å²) < 4.78 is 0. The van der Waals surface area contributed by atoms with Crippen LogP contribution in [0, 0.1) is 16.7 Å². The molecular weight excluding hydrogens is 254 g/mol. The Bertz CT molecular complexity index is 626. The number of amides is 2. The Kier molecular flexibility index (Phi) is 2.94. The van der Waals surface area contributed by atoms with Crippen molar-refractivity contribution in [2.24, 2.45) is 5.41 Å². The van der Waals surface area contributed by atoms with Crippen LogP contribution in [-0.2, 0) is 16.0 Å². The van der Waals surface area contributed by atoms with E-state index in [2.05, 4.69) is 16.7 Å². The van der Waals surface area contributed by atoms with E-state index in [9.17, 15) is 9.59 Å². The number of rotatable bonds is 2. The first-order chi connectivity index (χ1) is 9.63. The maximum atomic E-state index is 12.2. The minimum atomic E-state index is -0.843. The first-order valence-electron chi connectivity index (χ1n) is 6.78. The Hall–Kier alpha value is -2.35. The molecule has 1 aliphatic heterocycles. The van der Waals surface area contributed by atoms with Gasteiger partial charge in [0.05, 0.1) is 6.07 Å². The van der Waals surface area contributed by atoms with Crippen molar-refractivity contribution in [2.45, 2.75) is 32.1 Å². The predicted octanol–water partition coefficient (Wildman–Crippen LogP) is 2.20. The standard InChI is InChI=1S/C15H15N3O2/c16-9-15(6-1-7-15)14(20)17-11-3-4-12-10(8-11)2-5-13(19)18-12/h3-4,8H,1-2,5-7H2,(H,17,20)(H,18,19). The SMILES string of the molecule is N#CC1(C(=O)Nc2ccc3c(c2)CCC(=O)N3)CCC1. The Morgan fingerprint density at radius 3 is 2.80 bits per heavy atom. The molecule has 1 heterocycles. The Morgan fingerprint density at radius 1 is 1.35 bits per heavy atom. The van der Waals surface area contributed by atoms with Gasteiger partial charge in [-0.2, -0.15) is 5.26 Å². The highest BCUT2D eigenvalue weighted by Crippen LogP contribution is 2.41. The van der Waals surface area contributed by atoms with Crippen molar-refractivity contribution >= 4 is 23.2 Å². The van der Waals surface area contributed by atoms with Crippen molar-refractivity contribution in [1.82, 2.24) is 0 Å². The third-order valence-electron chi connectivity index (χ3n) is 4.11. The topological polar surface area (TPSA) is 82.0 Å². The number of hydrogen-bond donors (Lipinski definition) is 2. The summed E-state index contributed by atoms with van der Waals surface area (Å²) in [7, 11) is 0. The van der Waals surface area contributed by atoms with Crippen molar-refractivity contribution < 1.29 is 9.59 Å². The van der Waals surface area contributed by atoms with Crippen molar-refractivity contribution in [3.63, 3.8) is 0 Å². The van der Waals surface area contributed by atoms with Crippen LogP contribution in [0.25, 0.3) is 0 Å². The van der Waals surface area contributed by atoms with Gasteiger partial charge in [0, 0.05) is 17.8 Å². The summed E-state index contributed by atoms with van der Waals surface area (Å²) in [6, 6.07) is 7.55. The molecule has 1 aromatic rings. The quantitative estimate of drug-likeness (QED) is 0.863. The van der Waals surface area contributed by atoms with Gasteiger partial charge in [-0.1, -0.05) is 0 Å². The van der Waals surface area contributed by atoms with E-state index >= 15 is 0 Å². The van der Waals surface area contributed by atoms with Crippen LogP contribution in [-0.4, -0.2) is 11.8 Å². The minimum absolute atomic E-state index is 0.0205. The third kappa shape index (κ3) is 2.03. The Balaban J connectivity index is 1.77. The van der Waals surface area contributed by atoms with Crippen LogP contribution in [0.1, 0.15) is 31.2 Å². The molecule has 2 amide bonds. The molecule has 0 radical (unpaired) electrons. The number of anilines is 2. The molecule has 2 aliphatic rings. The van der Waals surface area contributed by atoms with Crippen LogP contribution < -0.4 is 10.6 Å². The molecule has 1 aromatic carbocycles.